The van der Waals surface area contributed by atoms with Crippen molar-refractivity contribution in [3.8, 4) is 5.75 Å². The monoisotopic (exact) mass is 241 g/mol. The van der Waals surface area contributed by atoms with Gasteiger partial charge in [0.2, 0.25) is 0 Å². The molecule has 0 aliphatic heterocycles. The summed E-state index contributed by atoms with van der Waals surface area (Å²) in [5, 5.41) is 9.65. The quantitative estimate of drug-likeness (QED) is 0.782. The van der Waals surface area contributed by atoms with Gasteiger partial charge in [0, 0.05) is 11.0 Å². The number of aromatic hydroxyl groups is 1. The lowest BCUT2D eigenvalue weighted by molar-refractivity contribution is -0.143. The zero-order valence-corrected chi connectivity index (χ0v) is 10.0. The number of phenolic OH excluding ortho intramolecular Hbond substituents is 1. The average molecular weight is 241 g/mol. The van der Waals surface area contributed by atoms with Gasteiger partial charge < -0.3 is 15.6 Å². The second-order valence-corrected chi connectivity index (χ2v) is 4.36. The molecule has 1 atom stereocenters. The zero-order chi connectivity index (χ0) is 13.2. The van der Waals surface area contributed by atoms with Gasteiger partial charge in [-0.2, -0.15) is 0 Å². The third-order valence-corrected chi connectivity index (χ3v) is 2.91. The Morgan fingerprint density at radius 2 is 2.12 bits per heavy atom. The van der Waals surface area contributed by atoms with Crippen molar-refractivity contribution in [3.05, 3.63) is 29.6 Å². The highest BCUT2D eigenvalue weighted by molar-refractivity contribution is 5.78. The number of carbonyl (C=O) groups excluding carboxylic acids is 1. The van der Waals surface area contributed by atoms with E-state index in [1.165, 1.54) is 19.2 Å². The lowest BCUT2D eigenvalue weighted by atomic mass is 9.77. The van der Waals surface area contributed by atoms with Crippen molar-refractivity contribution < 1.29 is 19.0 Å². The summed E-state index contributed by atoms with van der Waals surface area (Å²) < 4.78 is 17.8. The maximum atomic E-state index is 13.2. The van der Waals surface area contributed by atoms with E-state index in [4.69, 9.17) is 5.73 Å². The van der Waals surface area contributed by atoms with Gasteiger partial charge in [-0.1, -0.05) is 26.0 Å². The van der Waals surface area contributed by atoms with Gasteiger partial charge in [0.25, 0.3) is 0 Å². The van der Waals surface area contributed by atoms with Crippen LogP contribution in [0.15, 0.2) is 18.2 Å². The van der Waals surface area contributed by atoms with Crippen LogP contribution in [0.1, 0.15) is 19.4 Å². The SMILES string of the molecule is COC(=O)C(N)C(C)(C)c1cccc(F)c1O. The van der Waals surface area contributed by atoms with Crippen LogP contribution >= 0.6 is 0 Å². The molecule has 0 saturated heterocycles. The Morgan fingerprint density at radius 1 is 1.53 bits per heavy atom. The van der Waals surface area contributed by atoms with Crippen LogP contribution in [0.2, 0.25) is 0 Å². The van der Waals surface area contributed by atoms with Gasteiger partial charge in [-0.15, -0.1) is 0 Å². The fourth-order valence-electron chi connectivity index (χ4n) is 1.62. The lowest BCUT2D eigenvalue weighted by Crippen LogP contribution is -2.47. The predicted molar refractivity (Wildman–Crippen MR) is 61.1 cm³/mol. The number of halogens is 1. The maximum Gasteiger partial charge on any atom is 0.323 e. The summed E-state index contributed by atoms with van der Waals surface area (Å²) >= 11 is 0. The topological polar surface area (TPSA) is 72.5 Å². The molecule has 5 heteroatoms. The highest BCUT2D eigenvalue weighted by atomic mass is 19.1. The van der Waals surface area contributed by atoms with E-state index in [9.17, 15) is 14.3 Å². The molecular weight excluding hydrogens is 225 g/mol. The standard InChI is InChI=1S/C12H16FNO3/c1-12(2,10(14)11(16)17-3)7-5-4-6-8(13)9(7)15/h4-6,10,15H,14H2,1-3H3. The van der Waals surface area contributed by atoms with Gasteiger partial charge in [-0.05, 0) is 6.07 Å². The number of ether oxygens (including phenoxy) is 1. The van der Waals surface area contributed by atoms with E-state index < -0.39 is 29.0 Å². The molecule has 1 aromatic carbocycles. The Hall–Kier alpha value is -1.62. The highest BCUT2D eigenvalue weighted by Gasteiger charge is 2.37. The fourth-order valence-corrected chi connectivity index (χ4v) is 1.62. The van der Waals surface area contributed by atoms with Crippen molar-refractivity contribution in [3.63, 3.8) is 0 Å². The molecule has 0 saturated carbocycles. The third-order valence-electron chi connectivity index (χ3n) is 2.91. The molecule has 1 unspecified atom stereocenters. The van der Waals surface area contributed by atoms with Crippen molar-refractivity contribution >= 4 is 5.97 Å². The molecule has 0 heterocycles. The Bertz CT molecular complexity index is 432. The van der Waals surface area contributed by atoms with Crippen LogP contribution in [-0.2, 0) is 14.9 Å². The molecule has 1 rings (SSSR count). The maximum absolute atomic E-state index is 13.2. The number of rotatable bonds is 3. The number of methoxy groups -OCH3 is 1. The van der Waals surface area contributed by atoms with E-state index in [1.54, 1.807) is 13.8 Å². The molecule has 1 aromatic rings. The number of hydrogen-bond acceptors (Lipinski definition) is 4. The van der Waals surface area contributed by atoms with E-state index in [1.807, 2.05) is 0 Å². The van der Waals surface area contributed by atoms with Gasteiger partial charge in [-0.25, -0.2) is 4.39 Å². The first kappa shape index (κ1) is 13.4. The molecular formula is C12H16FNO3. The predicted octanol–water partition coefficient (Wildman–Crippen LogP) is 1.31. The lowest BCUT2D eigenvalue weighted by Gasteiger charge is -2.30. The van der Waals surface area contributed by atoms with Crippen molar-refractivity contribution in [2.75, 3.05) is 7.11 Å². The van der Waals surface area contributed by atoms with Crippen molar-refractivity contribution in [2.24, 2.45) is 5.73 Å². The second kappa shape index (κ2) is 4.71. The van der Waals surface area contributed by atoms with Crippen LogP contribution in [0, 0.1) is 5.82 Å². The fraction of sp³-hybridized carbons (Fsp3) is 0.417. The minimum Gasteiger partial charge on any atom is -0.505 e. The van der Waals surface area contributed by atoms with Gasteiger partial charge in [0.15, 0.2) is 11.6 Å². The van der Waals surface area contributed by atoms with Gasteiger partial charge >= 0.3 is 5.97 Å². The molecule has 0 fully saturated rings. The summed E-state index contributed by atoms with van der Waals surface area (Å²) in [6, 6.07) is 3.14. The summed E-state index contributed by atoms with van der Waals surface area (Å²) in [4.78, 5) is 11.4. The van der Waals surface area contributed by atoms with Gasteiger partial charge in [0.1, 0.15) is 6.04 Å². The first-order valence-electron chi connectivity index (χ1n) is 5.13. The molecule has 0 aliphatic carbocycles. The molecule has 3 N–H and O–H groups in total. The normalized spacial score (nSPS) is 13.2. The molecule has 0 aliphatic rings. The Labute approximate surface area is 99.2 Å². The summed E-state index contributed by atoms with van der Waals surface area (Å²) in [6.07, 6.45) is 0. The van der Waals surface area contributed by atoms with E-state index >= 15 is 0 Å². The molecule has 17 heavy (non-hydrogen) atoms. The Kier molecular flexibility index (Phi) is 3.72. The molecule has 0 bridgehead atoms. The minimum atomic E-state index is -0.986. The number of para-hydroxylation sites is 1. The van der Waals surface area contributed by atoms with Crippen LogP contribution in [0.25, 0.3) is 0 Å². The Morgan fingerprint density at radius 3 is 2.65 bits per heavy atom. The van der Waals surface area contributed by atoms with Gasteiger partial charge in [0.05, 0.1) is 7.11 Å². The van der Waals surface area contributed by atoms with E-state index in [0.717, 1.165) is 6.07 Å². The third kappa shape index (κ3) is 2.39. The van der Waals surface area contributed by atoms with Crippen LogP contribution < -0.4 is 5.73 Å². The average Bonchev–Trinajstić information content (AvgIpc) is 2.30. The minimum absolute atomic E-state index is 0.274. The van der Waals surface area contributed by atoms with Crippen molar-refractivity contribution in [2.45, 2.75) is 25.3 Å². The number of hydrogen-bond donors (Lipinski definition) is 2. The molecule has 0 radical (unpaired) electrons. The summed E-state index contributed by atoms with van der Waals surface area (Å²) in [5.74, 6) is -1.84. The molecule has 0 aromatic heterocycles. The van der Waals surface area contributed by atoms with E-state index in [2.05, 4.69) is 4.74 Å². The zero-order valence-electron chi connectivity index (χ0n) is 10.0. The number of nitrogens with two attached hydrogens (primary N) is 1. The second-order valence-electron chi connectivity index (χ2n) is 4.36. The number of esters is 1. The summed E-state index contributed by atoms with van der Waals surface area (Å²) in [5.41, 5.74) is 5.09. The number of phenols is 1. The van der Waals surface area contributed by atoms with E-state index in [-0.39, 0.29) is 5.56 Å². The van der Waals surface area contributed by atoms with Crippen LogP contribution in [0.3, 0.4) is 0 Å². The van der Waals surface area contributed by atoms with Crippen molar-refractivity contribution in [1.82, 2.24) is 0 Å². The van der Waals surface area contributed by atoms with Crippen LogP contribution in [0.4, 0.5) is 4.39 Å². The van der Waals surface area contributed by atoms with Crippen molar-refractivity contribution in [1.29, 1.82) is 0 Å². The molecule has 4 nitrogen and oxygen atoms in total. The van der Waals surface area contributed by atoms with Crippen LogP contribution in [-0.4, -0.2) is 24.2 Å². The molecule has 0 spiro atoms. The largest absolute Gasteiger partial charge is 0.505 e. The van der Waals surface area contributed by atoms with E-state index in [0.29, 0.717) is 0 Å². The number of benzene rings is 1. The smallest absolute Gasteiger partial charge is 0.323 e. The summed E-state index contributed by atoms with van der Waals surface area (Å²) in [6.45, 7) is 3.28. The van der Waals surface area contributed by atoms with Gasteiger partial charge in [-0.3, -0.25) is 4.79 Å². The highest BCUT2D eigenvalue weighted by Crippen LogP contribution is 2.34. The molecule has 94 valence electrons. The molecule has 0 amide bonds. The van der Waals surface area contributed by atoms with Crippen LogP contribution in [0.5, 0.6) is 5.75 Å². The Balaban J connectivity index is 3.21. The first-order valence-corrected chi connectivity index (χ1v) is 5.13. The number of carbonyl (C=O) groups is 1. The summed E-state index contributed by atoms with van der Waals surface area (Å²) in [7, 11) is 1.23. The first-order chi connectivity index (χ1) is 7.82.